The SMILES string of the molecule is CC1CC(C)CN(S(=O)(=O)c2ccc(C(=O)N(/N=C/c3ccco3)c3nc4ccc(Br)cc4s3)cc2)C1. The minimum Gasteiger partial charge on any atom is -0.463 e. The van der Waals surface area contributed by atoms with E-state index in [2.05, 4.69) is 39.9 Å². The minimum atomic E-state index is -3.65. The molecular weight excluding hydrogens is 576 g/mol. The second-order valence-electron chi connectivity index (χ2n) is 9.28. The Morgan fingerprint density at radius 1 is 1.16 bits per heavy atom. The van der Waals surface area contributed by atoms with Crippen LogP contribution in [-0.4, -0.2) is 42.9 Å². The molecule has 2 unspecified atom stereocenters. The topological polar surface area (TPSA) is 96.1 Å². The summed E-state index contributed by atoms with van der Waals surface area (Å²) in [5, 5.41) is 5.96. The predicted octanol–water partition coefficient (Wildman–Crippen LogP) is 6.00. The summed E-state index contributed by atoms with van der Waals surface area (Å²) in [6, 6.07) is 15.1. The number of thiazole rings is 1. The normalized spacial score (nSPS) is 19.0. The lowest BCUT2D eigenvalue weighted by atomic mass is 9.94. The lowest BCUT2D eigenvalue weighted by Gasteiger charge is -2.34. The number of amides is 1. The van der Waals surface area contributed by atoms with Crippen molar-refractivity contribution < 1.29 is 17.6 Å². The largest absolute Gasteiger partial charge is 0.463 e. The highest BCUT2D eigenvalue weighted by atomic mass is 79.9. The van der Waals surface area contributed by atoms with Crippen LogP contribution < -0.4 is 5.01 Å². The number of hydrogen-bond acceptors (Lipinski definition) is 7. The Bertz CT molecular complexity index is 1540. The molecule has 0 bridgehead atoms. The molecule has 8 nitrogen and oxygen atoms in total. The van der Waals surface area contributed by atoms with E-state index in [4.69, 9.17) is 4.42 Å². The Kier molecular flexibility index (Phi) is 7.30. The van der Waals surface area contributed by atoms with Crippen LogP contribution in [0.2, 0.25) is 0 Å². The number of furan rings is 1. The number of anilines is 1. The first kappa shape index (κ1) is 25.8. The third-order valence-corrected chi connectivity index (χ3v) is 9.46. The van der Waals surface area contributed by atoms with Crippen molar-refractivity contribution in [2.45, 2.75) is 25.2 Å². The van der Waals surface area contributed by atoms with Crippen LogP contribution >= 0.6 is 27.3 Å². The van der Waals surface area contributed by atoms with Crippen LogP contribution in [0.25, 0.3) is 10.2 Å². The van der Waals surface area contributed by atoms with Crippen molar-refractivity contribution in [1.29, 1.82) is 0 Å². The lowest BCUT2D eigenvalue weighted by Crippen LogP contribution is -2.42. The molecule has 1 fully saturated rings. The second-order valence-corrected chi connectivity index (χ2v) is 13.1. The first-order valence-corrected chi connectivity index (χ1v) is 14.8. The molecule has 0 N–H and O–H groups in total. The van der Waals surface area contributed by atoms with Gasteiger partial charge in [-0.3, -0.25) is 4.79 Å². The zero-order valence-electron chi connectivity index (χ0n) is 20.2. The monoisotopic (exact) mass is 600 g/mol. The number of fused-ring (bicyclic) bond motifs is 1. The lowest BCUT2D eigenvalue weighted by molar-refractivity contribution is 0.0987. The molecule has 0 saturated carbocycles. The van der Waals surface area contributed by atoms with Crippen LogP contribution in [0.5, 0.6) is 0 Å². The quantitative estimate of drug-likeness (QED) is 0.200. The highest BCUT2D eigenvalue weighted by Crippen LogP contribution is 2.32. The molecule has 2 atom stereocenters. The van der Waals surface area contributed by atoms with Crippen molar-refractivity contribution in [1.82, 2.24) is 9.29 Å². The Morgan fingerprint density at radius 3 is 2.57 bits per heavy atom. The molecule has 0 radical (unpaired) electrons. The van der Waals surface area contributed by atoms with Gasteiger partial charge in [0.15, 0.2) is 0 Å². The van der Waals surface area contributed by atoms with Gasteiger partial charge < -0.3 is 4.42 Å². The Morgan fingerprint density at radius 2 is 1.89 bits per heavy atom. The number of halogens is 1. The van der Waals surface area contributed by atoms with E-state index >= 15 is 0 Å². The molecule has 2 aromatic heterocycles. The van der Waals surface area contributed by atoms with Gasteiger partial charge >= 0.3 is 0 Å². The number of sulfonamides is 1. The third-order valence-electron chi connectivity index (χ3n) is 6.13. The summed E-state index contributed by atoms with van der Waals surface area (Å²) in [6.07, 6.45) is 3.97. The summed E-state index contributed by atoms with van der Waals surface area (Å²) in [5.74, 6) is 0.641. The van der Waals surface area contributed by atoms with E-state index in [0.29, 0.717) is 35.8 Å². The number of hydrazone groups is 1. The van der Waals surface area contributed by atoms with E-state index in [0.717, 1.165) is 21.1 Å². The van der Waals surface area contributed by atoms with Gasteiger partial charge in [0.05, 0.1) is 27.6 Å². The molecule has 11 heteroatoms. The molecule has 192 valence electrons. The summed E-state index contributed by atoms with van der Waals surface area (Å²) in [7, 11) is -3.65. The molecule has 0 spiro atoms. The van der Waals surface area contributed by atoms with Gasteiger partial charge in [-0.15, -0.1) is 0 Å². The second kappa shape index (κ2) is 10.5. The number of carbonyl (C=O) groups excluding carboxylic acids is 1. The number of hydrogen-bond donors (Lipinski definition) is 0. The van der Waals surface area contributed by atoms with Crippen molar-refractivity contribution >= 4 is 64.8 Å². The average molecular weight is 602 g/mol. The van der Waals surface area contributed by atoms with Gasteiger partial charge in [-0.2, -0.15) is 14.4 Å². The van der Waals surface area contributed by atoms with Gasteiger partial charge in [-0.05, 0) is 72.9 Å². The number of benzene rings is 2. The maximum Gasteiger partial charge on any atom is 0.280 e. The smallest absolute Gasteiger partial charge is 0.280 e. The van der Waals surface area contributed by atoms with Gasteiger partial charge in [-0.1, -0.05) is 41.1 Å². The van der Waals surface area contributed by atoms with Crippen LogP contribution in [0.4, 0.5) is 5.13 Å². The van der Waals surface area contributed by atoms with Gasteiger partial charge in [0, 0.05) is 23.1 Å². The van der Waals surface area contributed by atoms with Crippen molar-refractivity contribution in [2.24, 2.45) is 16.9 Å². The van der Waals surface area contributed by atoms with Crippen LogP contribution in [0, 0.1) is 11.8 Å². The van der Waals surface area contributed by atoms with E-state index in [1.807, 2.05) is 18.2 Å². The van der Waals surface area contributed by atoms with Crippen molar-refractivity contribution in [3.05, 3.63) is 76.7 Å². The van der Waals surface area contributed by atoms with E-state index in [9.17, 15) is 13.2 Å². The minimum absolute atomic E-state index is 0.167. The maximum atomic E-state index is 13.6. The number of nitrogens with zero attached hydrogens (tertiary/aromatic N) is 4. The first-order chi connectivity index (χ1) is 17.7. The number of carbonyl (C=O) groups is 1. The average Bonchev–Trinajstić information content (AvgIpc) is 3.53. The summed E-state index contributed by atoms with van der Waals surface area (Å²) in [6.45, 7) is 5.13. The molecule has 0 aliphatic carbocycles. The summed E-state index contributed by atoms with van der Waals surface area (Å²) in [5.41, 5.74) is 1.02. The third kappa shape index (κ3) is 5.54. The molecule has 3 heterocycles. The molecule has 37 heavy (non-hydrogen) atoms. The molecule has 1 aliphatic heterocycles. The number of rotatable bonds is 6. The highest BCUT2D eigenvalue weighted by Gasteiger charge is 2.32. The summed E-state index contributed by atoms with van der Waals surface area (Å²) >= 11 is 4.79. The standard InChI is InChI=1S/C26H25BrN4O4S2/c1-17-12-18(2)16-30(15-17)37(33,34)22-8-5-19(6-9-22)25(32)31(28-14-21-4-3-11-35-21)26-29-23-10-7-20(27)13-24(23)36-26/h3-11,13-14,17-18H,12,15-16H2,1-2H3/b28-14+. The fraction of sp³-hybridized carbons (Fsp3) is 0.269. The zero-order valence-corrected chi connectivity index (χ0v) is 23.5. The molecular formula is C26H25BrN4O4S2. The molecule has 1 aliphatic rings. The Hall–Kier alpha value is -2.86. The molecule has 4 aromatic rings. The summed E-state index contributed by atoms with van der Waals surface area (Å²) < 4.78 is 35.2. The van der Waals surface area contributed by atoms with E-state index < -0.39 is 15.9 Å². The predicted molar refractivity (Wildman–Crippen MR) is 149 cm³/mol. The van der Waals surface area contributed by atoms with Crippen LogP contribution in [0.3, 0.4) is 0 Å². The highest BCUT2D eigenvalue weighted by molar-refractivity contribution is 9.10. The zero-order chi connectivity index (χ0) is 26.2. The van der Waals surface area contributed by atoms with Crippen LogP contribution in [0.1, 0.15) is 36.4 Å². The van der Waals surface area contributed by atoms with Gasteiger partial charge in [0.1, 0.15) is 5.76 Å². The van der Waals surface area contributed by atoms with Crippen molar-refractivity contribution in [3.8, 4) is 0 Å². The Labute approximate surface area is 227 Å². The fourth-order valence-corrected chi connectivity index (χ4v) is 7.64. The van der Waals surface area contributed by atoms with Gasteiger partial charge in [0.2, 0.25) is 15.2 Å². The summed E-state index contributed by atoms with van der Waals surface area (Å²) in [4.78, 5) is 18.3. The van der Waals surface area contributed by atoms with Crippen molar-refractivity contribution in [3.63, 3.8) is 0 Å². The van der Waals surface area contributed by atoms with E-state index in [1.165, 1.54) is 53.1 Å². The van der Waals surface area contributed by atoms with Gasteiger partial charge in [-0.25, -0.2) is 13.4 Å². The number of piperidine rings is 1. The fourth-order valence-electron chi connectivity index (χ4n) is 4.49. The van der Waals surface area contributed by atoms with Crippen LogP contribution in [0.15, 0.2) is 79.7 Å². The molecule has 1 saturated heterocycles. The number of aromatic nitrogens is 1. The molecule has 2 aromatic carbocycles. The van der Waals surface area contributed by atoms with E-state index in [1.54, 1.807) is 16.4 Å². The molecule has 1 amide bonds. The maximum absolute atomic E-state index is 13.6. The van der Waals surface area contributed by atoms with E-state index in [-0.39, 0.29) is 10.5 Å². The van der Waals surface area contributed by atoms with Gasteiger partial charge in [0.25, 0.3) is 5.91 Å². The van der Waals surface area contributed by atoms with Crippen LogP contribution in [-0.2, 0) is 10.0 Å². The molecule has 5 rings (SSSR count). The first-order valence-electron chi connectivity index (χ1n) is 11.8. The Balaban J connectivity index is 1.45. The van der Waals surface area contributed by atoms with Crippen molar-refractivity contribution in [2.75, 3.05) is 18.1 Å².